The van der Waals surface area contributed by atoms with Gasteiger partial charge in [0.15, 0.2) is 0 Å². The maximum atomic E-state index is 12.3. The lowest BCUT2D eigenvalue weighted by Crippen LogP contribution is -2.13. The summed E-state index contributed by atoms with van der Waals surface area (Å²) in [5, 5.41) is 3.20. The van der Waals surface area contributed by atoms with Crippen LogP contribution in [0.3, 0.4) is 0 Å². The fourth-order valence-electron chi connectivity index (χ4n) is 1.79. The van der Waals surface area contributed by atoms with Crippen LogP contribution < -0.4 is 10.1 Å². The Kier molecular flexibility index (Phi) is 4.68. The standard InChI is InChI=1S/C15H13BrClNO2/c1-9-6-7-13(20-2)12(8-9)18-15(19)10-4-3-5-11(16)14(10)17/h3-8H,1-2H3,(H,18,19). The Morgan fingerprint density at radius 1 is 1.30 bits per heavy atom. The molecule has 0 aromatic heterocycles. The summed E-state index contributed by atoms with van der Waals surface area (Å²) in [7, 11) is 1.56. The minimum absolute atomic E-state index is 0.278. The highest BCUT2D eigenvalue weighted by atomic mass is 79.9. The van der Waals surface area contributed by atoms with Gasteiger partial charge >= 0.3 is 0 Å². The Bertz CT molecular complexity index is 658. The highest BCUT2D eigenvalue weighted by molar-refractivity contribution is 9.10. The lowest BCUT2D eigenvalue weighted by Gasteiger charge is -2.12. The third-order valence-corrected chi connectivity index (χ3v) is 4.10. The summed E-state index contributed by atoms with van der Waals surface area (Å²) in [5.74, 6) is 0.329. The van der Waals surface area contributed by atoms with Crippen molar-refractivity contribution in [2.75, 3.05) is 12.4 Å². The summed E-state index contributed by atoms with van der Waals surface area (Å²) in [4.78, 5) is 12.3. The van der Waals surface area contributed by atoms with Gasteiger partial charge in [-0.25, -0.2) is 0 Å². The lowest BCUT2D eigenvalue weighted by atomic mass is 10.1. The van der Waals surface area contributed by atoms with E-state index in [0.717, 1.165) is 5.56 Å². The zero-order valence-electron chi connectivity index (χ0n) is 11.0. The average molecular weight is 355 g/mol. The van der Waals surface area contributed by atoms with E-state index in [2.05, 4.69) is 21.2 Å². The number of methoxy groups -OCH3 is 1. The van der Waals surface area contributed by atoms with Crippen molar-refractivity contribution in [1.29, 1.82) is 0 Å². The smallest absolute Gasteiger partial charge is 0.257 e. The van der Waals surface area contributed by atoms with Gasteiger partial charge in [-0.05, 0) is 52.7 Å². The predicted molar refractivity (Wildman–Crippen MR) is 84.8 cm³/mol. The van der Waals surface area contributed by atoms with E-state index < -0.39 is 0 Å². The molecular weight excluding hydrogens is 342 g/mol. The molecular formula is C15H13BrClNO2. The van der Waals surface area contributed by atoms with Crippen molar-refractivity contribution < 1.29 is 9.53 Å². The third-order valence-electron chi connectivity index (χ3n) is 2.80. The number of halogens is 2. The minimum atomic E-state index is -0.278. The first-order chi connectivity index (χ1) is 9.52. The predicted octanol–water partition coefficient (Wildman–Crippen LogP) is 4.67. The number of nitrogens with one attached hydrogen (secondary N) is 1. The third kappa shape index (κ3) is 3.14. The van der Waals surface area contributed by atoms with Crippen LogP contribution in [0.1, 0.15) is 15.9 Å². The van der Waals surface area contributed by atoms with Gasteiger partial charge in [-0.15, -0.1) is 0 Å². The summed E-state index contributed by atoms with van der Waals surface area (Å²) >= 11 is 9.42. The molecule has 1 N–H and O–H groups in total. The molecule has 0 aliphatic carbocycles. The quantitative estimate of drug-likeness (QED) is 0.869. The highest BCUT2D eigenvalue weighted by Gasteiger charge is 2.14. The van der Waals surface area contributed by atoms with Crippen LogP contribution in [0.15, 0.2) is 40.9 Å². The van der Waals surface area contributed by atoms with E-state index in [9.17, 15) is 4.79 Å². The van der Waals surface area contributed by atoms with Crippen LogP contribution in [0.25, 0.3) is 0 Å². The van der Waals surface area contributed by atoms with Crippen LogP contribution in [0.4, 0.5) is 5.69 Å². The van der Waals surface area contributed by atoms with Crippen molar-refractivity contribution >= 4 is 39.1 Å². The highest BCUT2D eigenvalue weighted by Crippen LogP contribution is 2.29. The van der Waals surface area contributed by atoms with Gasteiger partial charge in [-0.2, -0.15) is 0 Å². The number of benzene rings is 2. The average Bonchev–Trinajstić information content (AvgIpc) is 2.42. The van der Waals surface area contributed by atoms with Gasteiger partial charge < -0.3 is 10.1 Å². The number of ether oxygens (including phenoxy) is 1. The monoisotopic (exact) mass is 353 g/mol. The molecule has 104 valence electrons. The van der Waals surface area contributed by atoms with Crippen molar-refractivity contribution in [3.63, 3.8) is 0 Å². The van der Waals surface area contributed by atoms with Gasteiger partial charge in [-0.1, -0.05) is 23.7 Å². The van der Waals surface area contributed by atoms with E-state index in [4.69, 9.17) is 16.3 Å². The minimum Gasteiger partial charge on any atom is -0.495 e. The number of rotatable bonds is 3. The molecule has 0 heterocycles. The molecule has 0 bridgehead atoms. The van der Waals surface area contributed by atoms with Crippen LogP contribution in [0.5, 0.6) is 5.75 Å². The van der Waals surface area contributed by atoms with Gasteiger partial charge in [0.2, 0.25) is 0 Å². The molecule has 0 aliphatic heterocycles. The first kappa shape index (κ1) is 14.9. The maximum absolute atomic E-state index is 12.3. The molecule has 0 aliphatic rings. The number of hydrogen-bond donors (Lipinski definition) is 1. The fraction of sp³-hybridized carbons (Fsp3) is 0.133. The first-order valence-electron chi connectivity index (χ1n) is 5.93. The Morgan fingerprint density at radius 3 is 2.75 bits per heavy atom. The van der Waals surface area contributed by atoms with E-state index in [1.165, 1.54) is 0 Å². The molecule has 2 rings (SSSR count). The Balaban J connectivity index is 2.32. The number of anilines is 1. The molecule has 0 spiro atoms. The van der Waals surface area contributed by atoms with Gasteiger partial charge in [-0.3, -0.25) is 4.79 Å². The SMILES string of the molecule is COc1ccc(C)cc1NC(=O)c1cccc(Br)c1Cl. The van der Waals surface area contributed by atoms with Crippen LogP contribution in [0.2, 0.25) is 5.02 Å². The molecule has 20 heavy (non-hydrogen) atoms. The first-order valence-corrected chi connectivity index (χ1v) is 7.10. The lowest BCUT2D eigenvalue weighted by molar-refractivity contribution is 0.102. The van der Waals surface area contributed by atoms with Crippen molar-refractivity contribution in [3.8, 4) is 5.75 Å². The van der Waals surface area contributed by atoms with Crippen LogP contribution in [-0.2, 0) is 0 Å². The van der Waals surface area contributed by atoms with Crippen LogP contribution >= 0.6 is 27.5 Å². The second-order valence-electron chi connectivity index (χ2n) is 4.26. The van der Waals surface area contributed by atoms with Crippen LogP contribution in [0, 0.1) is 6.92 Å². The van der Waals surface area contributed by atoms with E-state index in [0.29, 0.717) is 26.5 Å². The second-order valence-corrected chi connectivity index (χ2v) is 5.49. The van der Waals surface area contributed by atoms with E-state index in [1.807, 2.05) is 25.1 Å². The summed E-state index contributed by atoms with van der Waals surface area (Å²) < 4.78 is 5.92. The molecule has 2 aromatic rings. The molecule has 0 radical (unpaired) electrons. The summed E-state index contributed by atoms with van der Waals surface area (Å²) in [6.45, 7) is 1.95. The molecule has 0 unspecified atom stereocenters. The Morgan fingerprint density at radius 2 is 2.05 bits per heavy atom. The zero-order chi connectivity index (χ0) is 14.7. The molecule has 0 saturated carbocycles. The van der Waals surface area contributed by atoms with Gasteiger partial charge in [0.25, 0.3) is 5.91 Å². The van der Waals surface area contributed by atoms with E-state index >= 15 is 0 Å². The van der Waals surface area contributed by atoms with Gasteiger partial charge in [0.1, 0.15) is 5.75 Å². The maximum Gasteiger partial charge on any atom is 0.257 e. The summed E-state index contributed by atoms with van der Waals surface area (Å²) in [5.41, 5.74) is 2.06. The molecule has 3 nitrogen and oxygen atoms in total. The molecule has 1 amide bonds. The second kappa shape index (κ2) is 6.29. The number of carbonyl (C=O) groups excluding carboxylic acids is 1. The molecule has 5 heteroatoms. The Hall–Kier alpha value is -1.52. The molecule has 2 aromatic carbocycles. The topological polar surface area (TPSA) is 38.3 Å². The van der Waals surface area contributed by atoms with Crippen molar-refractivity contribution in [2.45, 2.75) is 6.92 Å². The van der Waals surface area contributed by atoms with Gasteiger partial charge in [0.05, 0.1) is 23.4 Å². The number of aryl methyl sites for hydroxylation is 1. The molecule has 0 saturated heterocycles. The molecule has 0 atom stereocenters. The number of carbonyl (C=O) groups is 1. The number of hydrogen-bond acceptors (Lipinski definition) is 2. The summed E-state index contributed by atoms with van der Waals surface area (Å²) in [6.07, 6.45) is 0. The Labute approximate surface area is 131 Å². The van der Waals surface area contributed by atoms with E-state index in [-0.39, 0.29) is 5.91 Å². The summed E-state index contributed by atoms with van der Waals surface area (Å²) in [6, 6.07) is 10.8. The number of amides is 1. The molecule has 0 fully saturated rings. The normalized spacial score (nSPS) is 10.2. The zero-order valence-corrected chi connectivity index (χ0v) is 13.4. The van der Waals surface area contributed by atoms with Crippen LogP contribution in [-0.4, -0.2) is 13.0 Å². The van der Waals surface area contributed by atoms with Crippen molar-refractivity contribution in [2.24, 2.45) is 0 Å². The largest absolute Gasteiger partial charge is 0.495 e. The fourth-order valence-corrected chi connectivity index (χ4v) is 2.37. The van der Waals surface area contributed by atoms with E-state index in [1.54, 1.807) is 25.3 Å². The van der Waals surface area contributed by atoms with Crippen molar-refractivity contribution in [1.82, 2.24) is 0 Å². The van der Waals surface area contributed by atoms with Crippen molar-refractivity contribution in [3.05, 3.63) is 57.0 Å². The van der Waals surface area contributed by atoms with Gasteiger partial charge in [0, 0.05) is 4.47 Å².